The van der Waals surface area contributed by atoms with Crippen molar-refractivity contribution in [3.63, 3.8) is 0 Å². The topological polar surface area (TPSA) is 52.0 Å². The van der Waals surface area contributed by atoms with Crippen LogP contribution < -0.4 is 10.1 Å². The van der Waals surface area contributed by atoms with E-state index in [1.54, 1.807) is 13.4 Å². The van der Waals surface area contributed by atoms with Gasteiger partial charge in [0.25, 0.3) is 0 Å². The summed E-state index contributed by atoms with van der Waals surface area (Å²) in [6.45, 7) is 0. The predicted octanol–water partition coefficient (Wildman–Crippen LogP) is 4.09. The van der Waals surface area contributed by atoms with Crippen molar-refractivity contribution in [2.45, 2.75) is 18.5 Å². The van der Waals surface area contributed by atoms with E-state index < -0.39 is 0 Å². The molecule has 2 heterocycles. The summed E-state index contributed by atoms with van der Waals surface area (Å²) in [5.41, 5.74) is 2.24. The van der Waals surface area contributed by atoms with Crippen LogP contribution in [0.15, 0.2) is 54.9 Å². The summed E-state index contributed by atoms with van der Waals surface area (Å²) in [7, 11) is 1.67. The Morgan fingerprint density at radius 3 is 2.71 bits per heavy atom. The Hall–Kier alpha value is -2.53. The first-order valence-electron chi connectivity index (χ1n) is 7.80. The van der Waals surface area contributed by atoms with Crippen LogP contribution in [0.25, 0.3) is 0 Å². The fourth-order valence-corrected chi connectivity index (χ4v) is 3.44. The van der Waals surface area contributed by atoms with E-state index >= 15 is 0 Å². The molecule has 3 aromatic rings. The second kappa shape index (κ2) is 6.17. The van der Waals surface area contributed by atoms with Crippen molar-refractivity contribution in [3.8, 4) is 5.75 Å². The molecule has 0 saturated carbocycles. The van der Waals surface area contributed by atoms with E-state index in [4.69, 9.17) is 16.3 Å². The molecule has 1 N–H and O–H groups in total. The number of anilines is 1. The first kappa shape index (κ1) is 15.0. The molecule has 4 rings (SSSR count). The number of fused-ring (bicyclic) bond motifs is 1. The number of nitrogens with zero attached hydrogens (tertiary/aromatic N) is 3. The van der Waals surface area contributed by atoms with Crippen LogP contribution in [-0.4, -0.2) is 21.9 Å². The number of benzene rings is 2. The van der Waals surface area contributed by atoms with Gasteiger partial charge in [-0.15, -0.1) is 0 Å². The van der Waals surface area contributed by atoms with Crippen LogP contribution in [0.3, 0.4) is 0 Å². The Balaban J connectivity index is 1.72. The molecule has 5 nitrogen and oxygen atoms in total. The highest BCUT2D eigenvalue weighted by molar-refractivity contribution is 6.31. The van der Waals surface area contributed by atoms with Gasteiger partial charge < -0.3 is 10.1 Å². The lowest BCUT2D eigenvalue weighted by molar-refractivity contribution is 0.413. The lowest BCUT2D eigenvalue weighted by atomic mass is 9.93. The molecular formula is C18H17ClN4O. The van der Waals surface area contributed by atoms with Gasteiger partial charge in [-0.2, -0.15) is 10.1 Å². The Morgan fingerprint density at radius 1 is 1.17 bits per heavy atom. The molecule has 0 saturated heterocycles. The number of hydrogen-bond acceptors (Lipinski definition) is 4. The van der Waals surface area contributed by atoms with Crippen LogP contribution in [-0.2, 0) is 0 Å². The smallest absolute Gasteiger partial charge is 0.222 e. The van der Waals surface area contributed by atoms with Crippen LogP contribution in [0.1, 0.15) is 29.6 Å². The minimum absolute atomic E-state index is 0.0459. The molecule has 0 amide bonds. The van der Waals surface area contributed by atoms with Crippen molar-refractivity contribution in [1.82, 2.24) is 14.8 Å². The maximum Gasteiger partial charge on any atom is 0.222 e. The van der Waals surface area contributed by atoms with Crippen LogP contribution >= 0.6 is 11.6 Å². The number of hydrogen-bond donors (Lipinski definition) is 1. The quantitative estimate of drug-likeness (QED) is 0.780. The summed E-state index contributed by atoms with van der Waals surface area (Å²) in [5.74, 6) is 1.60. The van der Waals surface area contributed by atoms with Gasteiger partial charge in [-0.1, -0.05) is 41.9 Å². The number of nitrogens with one attached hydrogen (secondary N) is 1. The van der Waals surface area contributed by atoms with Gasteiger partial charge in [-0.3, -0.25) is 0 Å². The zero-order chi connectivity index (χ0) is 16.5. The summed E-state index contributed by atoms with van der Waals surface area (Å²) < 4.78 is 7.15. The van der Waals surface area contributed by atoms with Crippen molar-refractivity contribution in [2.24, 2.45) is 0 Å². The van der Waals surface area contributed by atoms with Gasteiger partial charge in [0.2, 0.25) is 5.95 Å². The molecule has 0 bridgehead atoms. The van der Waals surface area contributed by atoms with Crippen molar-refractivity contribution in [1.29, 1.82) is 0 Å². The molecule has 1 aliphatic rings. The van der Waals surface area contributed by atoms with Crippen LogP contribution in [0.2, 0.25) is 5.02 Å². The van der Waals surface area contributed by atoms with Crippen molar-refractivity contribution in [2.75, 3.05) is 12.4 Å². The van der Waals surface area contributed by atoms with Crippen LogP contribution in [0.5, 0.6) is 5.75 Å². The highest BCUT2D eigenvalue weighted by Gasteiger charge is 2.30. The lowest BCUT2D eigenvalue weighted by Gasteiger charge is -2.32. The number of aromatic nitrogens is 3. The first-order chi connectivity index (χ1) is 11.8. The molecule has 0 unspecified atom stereocenters. The van der Waals surface area contributed by atoms with Gasteiger partial charge in [-0.05, 0) is 35.7 Å². The normalized spacial score (nSPS) is 19.4. The fourth-order valence-electron chi connectivity index (χ4n) is 3.18. The maximum atomic E-state index is 6.43. The molecule has 2 aromatic carbocycles. The second-order valence-electron chi connectivity index (χ2n) is 5.77. The average Bonchev–Trinajstić information content (AvgIpc) is 3.10. The highest BCUT2D eigenvalue weighted by Crippen LogP contribution is 2.39. The third-order valence-electron chi connectivity index (χ3n) is 4.41. The molecule has 0 spiro atoms. The van der Waals surface area contributed by atoms with E-state index in [2.05, 4.69) is 33.6 Å². The molecule has 0 radical (unpaired) electrons. The fraction of sp³-hybridized carbons (Fsp3) is 0.222. The van der Waals surface area contributed by atoms with Crippen molar-refractivity contribution >= 4 is 17.5 Å². The SMILES string of the molecule is COc1ccc([C@H]2C[C@H](c3ccccc3Cl)n3ncnc3N2)cc1. The number of ether oxygens (including phenoxy) is 1. The summed E-state index contributed by atoms with van der Waals surface area (Å²) in [6, 6.07) is 16.2. The summed E-state index contributed by atoms with van der Waals surface area (Å²) in [5, 5.41) is 8.58. The Kier molecular flexibility index (Phi) is 3.86. The summed E-state index contributed by atoms with van der Waals surface area (Å²) in [6.07, 6.45) is 2.41. The minimum atomic E-state index is 0.0459. The minimum Gasteiger partial charge on any atom is -0.497 e. The van der Waals surface area contributed by atoms with Gasteiger partial charge in [0.1, 0.15) is 12.1 Å². The standard InChI is InChI=1S/C18H17ClN4O/c1-24-13-8-6-12(7-9-13)16-10-17(14-4-2-3-5-15(14)19)23-18(22-16)20-11-21-23/h2-9,11,16-17H,10H2,1H3,(H,20,21,22)/t16-,17-/m1/s1. The Morgan fingerprint density at radius 2 is 1.96 bits per heavy atom. The van der Waals surface area contributed by atoms with E-state index in [1.807, 2.05) is 35.0 Å². The summed E-state index contributed by atoms with van der Waals surface area (Å²) in [4.78, 5) is 4.34. The Labute approximate surface area is 145 Å². The zero-order valence-corrected chi connectivity index (χ0v) is 13.9. The van der Waals surface area contributed by atoms with Crippen LogP contribution in [0.4, 0.5) is 5.95 Å². The molecule has 0 aliphatic carbocycles. The van der Waals surface area contributed by atoms with Gasteiger partial charge in [0.05, 0.1) is 19.2 Å². The monoisotopic (exact) mass is 340 g/mol. The van der Waals surface area contributed by atoms with Crippen molar-refractivity contribution in [3.05, 3.63) is 71.0 Å². The van der Waals surface area contributed by atoms with Crippen molar-refractivity contribution < 1.29 is 4.74 Å². The van der Waals surface area contributed by atoms with Gasteiger partial charge in [-0.25, -0.2) is 4.68 Å². The average molecular weight is 341 g/mol. The second-order valence-corrected chi connectivity index (χ2v) is 6.18. The number of rotatable bonds is 3. The van der Waals surface area contributed by atoms with Gasteiger partial charge in [0, 0.05) is 5.02 Å². The predicted molar refractivity (Wildman–Crippen MR) is 93.6 cm³/mol. The maximum absolute atomic E-state index is 6.43. The molecule has 1 aromatic heterocycles. The third-order valence-corrected chi connectivity index (χ3v) is 4.76. The molecule has 6 heteroatoms. The molecule has 1 aliphatic heterocycles. The van der Waals surface area contributed by atoms with E-state index in [0.29, 0.717) is 0 Å². The number of methoxy groups -OCH3 is 1. The van der Waals surface area contributed by atoms with E-state index in [1.165, 1.54) is 5.56 Å². The summed E-state index contributed by atoms with van der Waals surface area (Å²) >= 11 is 6.43. The lowest BCUT2D eigenvalue weighted by Crippen LogP contribution is -2.28. The van der Waals surface area contributed by atoms with Gasteiger partial charge in [0.15, 0.2) is 0 Å². The van der Waals surface area contributed by atoms with E-state index in [0.717, 1.165) is 28.7 Å². The third kappa shape index (κ3) is 2.61. The van der Waals surface area contributed by atoms with Gasteiger partial charge >= 0.3 is 0 Å². The first-order valence-corrected chi connectivity index (χ1v) is 8.18. The molecule has 24 heavy (non-hydrogen) atoms. The van der Waals surface area contributed by atoms with Crippen LogP contribution in [0, 0.1) is 0 Å². The largest absolute Gasteiger partial charge is 0.497 e. The number of halogens is 1. The van der Waals surface area contributed by atoms with E-state index in [-0.39, 0.29) is 12.1 Å². The molecule has 2 atom stereocenters. The molecular weight excluding hydrogens is 324 g/mol. The molecule has 122 valence electrons. The highest BCUT2D eigenvalue weighted by atomic mass is 35.5. The molecule has 0 fully saturated rings. The zero-order valence-electron chi connectivity index (χ0n) is 13.2. The Bertz CT molecular complexity index is 846. The van der Waals surface area contributed by atoms with E-state index in [9.17, 15) is 0 Å².